The SMILES string of the molecule is Cc1c(-c2ccccc2)c(=O)oc2ccc(OCC(N)=O)cc12. The zero-order valence-corrected chi connectivity index (χ0v) is 12.5. The van der Waals surface area contributed by atoms with E-state index in [0.29, 0.717) is 16.9 Å². The molecule has 0 spiro atoms. The van der Waals surface area contributed by atoms with Crippen LogP contribution in [0.3, 0.4) is 0 Å². The summed E-state index contributed by atoms with van der Waals surface area (Å²) in [6.07, 6.45) is 0. The van der Waals surface area contributed by atoms with Gasteiger partial charge in [0.05, 0.1) is 5.56 Å². The van der Waals surface area contributed by atoms with Gasteiger partial charge in [-0.15, -0.1) is 0 Å². The highest BCUT2D eigenvalue weighted by Gasteiger charge is 2.13. The minimum Gasteiger partial charge on any atom is -0.484 e. The second kappa shape index (κ2) is 5.96. The van der Waals surface area contributed by atoms with Gasteiger partial charge in [0.1, 0.15) is 11.3 Å². The molecule has 2 aromatic carbocycles. The number of ether oxygens (including phenoxy) is 1. The molecular formula is C18H15NO4. The number of hydrogen-bond acceptors (Lipinski definition) is 4. The zero-order valence-electron chi connectivity index (χ0n) is 12.5. The van der Waals surface area contributed by atoms with E-state index in [4.69, 9.17) is 14.9 Å². The smallest absolute Gasteiger partial charge is 0.344 e. The van der Waals surface area contributed by atoms with Gasteiger partial charge in [-0.2, -0.15) is 0 Å². The van der Waals surface area contributed by atoms with E-state index in [1.54, 1.807) is 18.2 Å². The van der Waals surface area contributed by atoms with E-state index in [9.17, 15) is 9.59 Å². The van der Waals surface area contributed by atoms with Crippen molar-refractivity contribution in [1.29, 1.82) is 0 Å². The number of carbonyl (C=O) groups excluding carboxylic acids is 1. The van der Waals surface area contributed by atoms with Crippen molar-refractivity contribution >= 4 is 16.9 Å². The lowest BCUT2D eigenvalue weighted by Crippen LogP contribution is -2.20. The minimum atomic E-state index is -0.550. The van der Waals surface area contributed by atoms with Gasteiger partial charge in [-0.25, -0.2) is 4.79 Å². The second-order valence-corrected chi connectivity index (χ2v) is 5.17. The Balaban J connectivity index is 2.16. The number of rotatable bonds is 4. The molecule has 1 heterocycles. The van der Waals surface area contributed by atoms with E-state index in [0.717, 1.165) is 16.5 Å². The monoisotopic (exact) mass is 309 g/mol. The maximum Gasteiger partial charge on any atom is 0.344 e. The Morgan fingerprint density at radius 3 is 2.61 bits per heavy atom. The van der Waals surface area contributed by atoms with Gasteiger partial charge in [0.15, 0.2) is 6.61 Å². The Morgan fingerprint density at radius 1 is 1.17 bits per heavy atom. The minimum absolute atomic E-state index is 0.202. The number of hydrogen-bond donors (Lipinski definition) is 1. The van der Waals surface area contributed by atoms with Gasteiger partial charge in [0.25, 0.3) is 5.91 Å². The number of nitrogens with two attached hydrogens (primary N) is 1. The Hall–Kier alpha value is -3.08. The third-order valence-electron chi connectivity index (χ3n) is 3.58. The van der Waals surface area contributed by atoms with Crippen molar-refractivity contribution in [3.05, 3.63) is 64.5 Å². The molecule has 116 valence electrons. The van der Waals surface area contributed by atoms with Crippen LogP contribution in [0.1, 0.15) is 5.56 Å². The Kier molecular flexibility index (Phi) is 3.85. The summed E-state index contributed by atoms with van der Waals surface area (Å²) in [6, 6.07) is 14.4. The van der Waals surface area contributed by atoms with Gasteiger partial charge >= 0.3 is 5.63 Å². The van der Waals surface area contributed by atoms with Crippen molar-refractivity contribution in [3.8, 4) is 16.9 Å². The van der Waals surface area contributed by atoms with Gasteiger partial charge in [-0.3, -0.25) is 4.79 Å². The molecule has 3 rings (SSSR count). The van der Waals surface area contributed by atoms with Crippen molar-refractivity contribution in [2.75, 3.05) is 6.61 Å². The molecule has 3 aromatic rings. The topological polar surface area (TPSA) is 82.5 Å². The standard InChI is InChI=1S/C18H15NO4/c1-11-14-9-13(22-10-16(19)20)7-8-15(14)23-18(21)17(11)12-5-3-2-4-6-12/h2-9H,10H2,1H3,(H2,19,20). The third kappa shape index (κ3) is 2.94. The molecular weight excluding hydrogens is 294 g/mol. The number of amides is 1. The van der Waals surface area contributed by atoms with Crippen molar-refractivity contribution < 1.29 is 13.9 Å². The van der Waals surface area contributed by atoms with Crippen LogP contribution in [0, 0.1) is 6.92 Å². The summed E-state index contributed by atoms with van der Waals surface area (Å²) in [6.45, 7) is 1.66. The Morgan fingerprint density at radius 2 is 1.91 bits per heavy atom. The molecule has 0 saturated carbocycles. The van der Waals surface area contributed by atoms with Crippen LogP contribution < -0.4 is 16.1 Å². The maximum atomic E-state index is 12.3. The average Bonchev–Trinajstić information content (AvgIpc) is 2.54. The lowest BCUT2D eigenvalue weighted by Gasteiger charge is -2.10. The van der Waals surface area contributed by atoms with Crippen molar-refractivity contribution in [2.45, 2.75) is 6.92 Å². The summed E-state index contributed by atoms with van der Waals surface area (Å²) in [4.78, 5) is 23.1. The molecule has 23 heavy (non-hydrogen) atoms. The van der Waals surface area contributed by atoms with Crippen LogP contribution in [0.4, 0.5) is 0 Å². The van der Waals surface area contributed by atoms with Crippen molar-refractivity contribution in [1.82, 2.24) is 0 Å². The van der Waals surface area contributed by atoms with Crippen LogP contribution in [-0.2, 0) is 4.79 Å². The van der Waals surface area contributed by atoms with E-state index in [1.807, 2.05) is 37.3 Å². The van der Waals surface area contributed by atoms with E-state index in [2.05, 4.69) is 0 Å². The molecule has 0 aliphatic carbocycles. The summed E-state index contributed by atoms with van der Waals surface area (Å²) in [5.74, 6) is -0.0568. The normalized spacial score (nSPS) is 10.7. The molecule has 5 nitrogen and oxygen atoms in total. The number of benzene rings is 2. The number of aryl methyl sites for hydroxylation is 1. The lowest BCUT2D eigenvalue weighted by atomic mass is 9.99. The quantitative estimate of drug-likeness (QED) is 0.751. The van der Waals surface area contributed by atoms with Gasteiger partial charge < -0.3 is 14.9 Å². The molecule has 0 radical (unpaired) electrons. The summed E-state index contributed by atoms with van der Waals surface area (Å²) in [5.41, 5.74) is 7.28. The van der Waals surface area contributed by atoms with Gasteiger partial charge in [-0.05, 0) is 36.2 Å². The predicted octanol–water partition coefficient (Wildman–Crippen LogP) is 2.63. The van der Waals surface area contributed by atoms with Crippen LogP contribution >= 0.6 is 0 Å². The number of primary amides is 1. The largest absolute Gasteiger partial charge is 0.484 e. The van der Waals surface area contributed by atoms with Crippen LogP contribution in [0.2, 0.25) is 0 Å². The van der Waals surface area contributed by atoms with E-state index in [1.165, 1.54) is 0 Å². The predicted molar refractivity (Wildman–Crippen MR) is 87.3 cm³/mol. The number of carbonyl (C=O) groups is 1. The fourth-order valence-electron chi connectivity index (χ4n) is 2.51. The first-order valence-electron chi connectivity index (χ1n) is 7.10. The first-order chi connectivity index (χ1) is 11.1. The molecule has 1 aromatic heterocycles. The van der Waals surface area contributed by atoms with Gasteiger partial charge in [0.2, 0.25) is 0 Å². The molecule has 1 amide bonds. The summed E-state index contributed by atoms with van der Waals surface area (Å²) in [7, 11) is 0. The Bertz CT molecular complexity index is 929. The Labute approximate surface area is 132 Å². The van der Waals surface area contributed by atoms with Crippen LogP contribution in [-0.4, -0.2) is 12.5 Å². The zero-order chi connectivity index (χ0) is 16.4. The fourth-order valence-corrected chi connectivity index (χ4v) is 2.51. The summed E-state index contributed by atoms with van der Waals surface area (Å²) < 4.78 is 10.7. The first-order valence-corrected chi connectivity index (χ1v) is 7.10. The molecule has 0 aliphatic heterocycles. The summed E-state index contributed by atoms with van der Waals surface area (Å²) in [5, 5.41) is 0.755. The molecule has 0 atom stereocenters. The molecule has 5 heteroatoms. The van der Waals surface area contributed by atoms with E-state index >= 15 is 0 Å². The average molecular weight is 309 g/mol. The highest BCUT2D eigenvalue weighted by molar-refractivity contribution is 5.87. The molecule has 0 bridgehead atoms. The second-order valence-electron chi connectivity index (χ2n) is 5.17. The highest BCUT2D eigenvalue weighted by atomic mass is 16.5. The maximum absolute atomic E-state index is 12.3. The van der Waals surface area contributed by atoms with Crippen molar-refractivity contribution in [2.24, 2.45) is 5.73 Å². The van der Waals surface area contributed by atoms with Crippen LogP contribution in [0.25, 0.3) is 22.1 Å². The van der Waals surface area contributed by atoms with Gasteiger partial charge in [-0.1, -0.05) is 30.3 Å². The van der Waals surface area contributed by atoms with Crippen LogP contribution in [0.5, 0.6) is 5.75 Å². The molecule has 2 N–H and O–H groups in total. The lowest BCUT2D eigenvalue weighted by molar-refractivity contribution is -0.119. The van der Waals surface area contributed by atoms with E-state index in [-0.39, 0.29) is 12.2 Å². The summed E-state index contributed by atoms with van der Waals surface area (Å²) >= 11 is 0. The van der Waals surface area contributed by atoms with E-state index < -0.39 is 5.91 Å². The van der Waals surface area contributed by atoms with Gasteiger partial charge in [0, 0.05) is 5.39 Å². The highest BCUT2D eigenvalue weighted by Crippen LogP contribution is 2.29. The molecule has 0 aliphatic rings. The van der Waals surface area contributed by atoms with Crippen molar-refractivity contribution in [3.63, 3.8) is 0 Å². The fraction of sp³-hybridized carbons (Fsp3) is 0.111. The first kappa shape index (κ1) is 14.8. The third-order valence-corrected chi connectivity index (χ3v) is 3.58. The molecule has 0 fully saturated rings. The molecule has 0 saturated heterocycles. The number of fused-ring (bicyclic) bond motifs is 1. The van der Waals surface area contributed by atoms with Crippen LogP contribution in [0.15, 0.2) is 57.7 Å². The molecule has 0 unspecified atom stereocenters.